The Balaban J connectivity index is 2.57. The van der Waals surface area contributed by atoms with Crippen molar-refractivity contribution in [3.63, 3.8) is 0 Å². The van der Waals surface area contributed by atoms with E-state index >= 15 is 0 Å². The van der Waals surface area contributed by atoms with Crippen LogP contribution in [0.2, 0.25) is 0 Å². The summed E-state index contributed by atoms with van der Waals surface area (Å²) in [5.41, 5.74) is 2.80. The van der Waals surface area contributed by atoms with Crippen LogP contribution in [0.25, 0.3) is 0 Å². The highest BCUT2D eigenvalue weighted by Crippen LogP contribution is 2.19. The van der Waals surface area contributed by atoms with Gasteiger partial charge in [0.1, 0.15) is 0 Å². The average molecular weight is 177 g/mol. The second kappa shape index (κ2) is 2.65. The maximum atomic E-state index is 11.4. The highest BCUT2D eigenvalue weighted by Gasteiger charge is 2.34. The number of hydrogen-bond donors (Lipinski definition) is 2. The number of carbonyl (C=O) groups is 2. The zero-order chi connectivity index (χ0) is 9.42. The fourth-order valence-corrected chi connectivity index (χ4v) is 1.31. The van der Waals surface area contributed by atoms with Crippen molar-refractivity contribution in [2.24, 2.45) is 5.84 Å². The average Bonchev–Trinajstić information content (AvgIpc) is 2.41. The Labute approximate surface area is 74.1 Å². The van der Waals surface area contributed by atoms with Gasteiger partial charge in [-0.1, -0.05) is 12.1 Å². The third-order valence-electron chi connectivity index (χ3n) is 1.92. The lowest BCUT2D eigenvalue weighted by molar-refractivity contribution is 0.0568. The predicted octanol–water partition coefficient (Wildman–Crippen LogP) is -0.339. The van der Waals surface area contributed by atoms with Gasteiger partial charge in [-0.15, -0.1) is 0 Å². The van der Waals surface area contributed by atoms with Crippen LogP contribution in [0.15, 0.2) is 24.3 Å². The van der Waals surface area contributed by atoms with Crippen LogP contribution < -0.4 is 11.4 Å². The maximum absolute atomic E-state index is 11.4. The van der Waals surface area contributed by atoms with Gasteiger partial charge in [0.15, 0.2) is 0 Å². The Morgan fingerprint density at radius 3 is 1.92 bits per heavy atom. The predicted molar refractivity (Wildman–Crippen MR) is 44.3 cm³/mol. The fourth-order valence-electron chi connectivity index (χ4n) is 1.31. The summed E-state index contributed by atoms with van der Waals surface area (Å²) in [4.78, 5) is 22.8. The maximum Gasteiger partial charge on any atom is 0.277 e. The minimum atomic E-state index is -0.414. The summed E-state index contributed by atoms with van der Waals surface area (Å²) in [5.74, 6) is 4.20. The molecule has 0 saturated heterocycles. The summed E-state index contributed by atoms with van der Waals surface area (Å²) in [6.45, 7) is 0. The summed E-state index contributed by atoms with van der Waals surface area (Å²) in [7, 11) is 0. The number of hydrogen-bond acceptors (Lipinski definition) is 4. The first-order chi connectivity index (χ1) is 6.25. The van der Waals surface area contributed by atoms with Gasteiger partial charge in [0.2, 0.25) is 0 Å². The Hall–Kier alpha value is -1.72. The normalized spacial score (nSPS) is 15.0. The minimum Gasteiger partial charge on any atom is -0.267 e. The Morgan fingerprint density at radius 1 is 1.08 bits per heavy atom. The zero-order valence-electron chi connectivity index (χ0n) is 6.65. The fraction of sp³-hybridized carbons (Fsp3) is 0. The minimum absolute atomic E-state index is 0.380. The Bertz CT molecular complexity index is 354. The molecule has 0 unspecified atom stereocenters. The first-order valence-corrected chi connectivity index (χ1v) is 3.70. The van der Waals surface area contributed by atoms with Crippen molar-refractivity contribution < 1.29 is 9.59 Å². The molecule has 13 heavy (non-hydrogen) atoms. The van der Waals surface area contributed by atoms with Gasteiger partial charge < -0.3 is 0 Å². The molecule has 0 aliphatic carbocycles. The van der Waals surface area contributed by atoms with Crippen molar-refractivity contribution in [3.05, 3.63) is 35.4 Å². The van der Waals surface area contributed by atoms with E-state index in [4.69, 9.17) is 5.84 Å². The molecule has 3 N–H and O–H groups in total. The quantitative estimate of drug-likeness (QED) is 0.349. The van der Waals surface area contributed by atoms with Crippen molar-refractivity contribution in [2.45, 2.75) is 0 Å². The molecule has 0 radical (unpaired) electrons. The van der Waals surface area contributed by atoms with Gasteiger partial charge in [0.25, 0.3) is 11.8 Å². The van der Waals surface area contributed by atoms with E-state index in [2.05, 4.69) is 0 Å². The standard InChI is InChI=1S/C8H7N3O2/c9-10-11-7(12)5-3-1-2-4-6(5)8(11)13/h1-4,10H,9H2. The molecule has 0 atom stereocenters. The summed E-state index contributed by atoms with van der Waals surface area (Å²) >= 11 is 0. The number of rotatable bonds is 1. The molecule has 1 aliphatic rings. The molecule has 2 rings (SSSR count). The third-order valence-corrected chi connectivity index (χ3v) is 1.92. The Morgan fingerprint density at radius 2 is 1.54 bits per heavy atom. The van der Waals surface area contributed by atoms with Crippen LogP contribution >= 0.6 is 0 Å². The van der Waals surface area contributed by atoms with Crippen LogP contribution in [0, 0.1) is 0 Å². The van der Waals surface area contributed by atoms with Crippen LogP contribution in [0.3, 0.4) is 0 Å². The summed E-state index contributed by atoms with van der Waals surface area (Å²) in [6.07, 6.45) is 0. The summed E-state index contributed by atoms with van der Waals surface area (Å²) in [6, 6.07) is 6.58. The number of nitrogens with two attached hydrogens (primary N) is 1. The largest absolute Gasteiger partial charge is 0.277 e. The SMILES string of the molecule is NNN1C(=O)c2ccccc2C1=O. The molecule has 1 heterocycles. The molecule has 66 valence electrons. The number of carbonyl (C=O) groups excluding carboxylic acids is 2. The van der Waals surface area contributed by atoms with Gasteiger partial charge in [-0.3, -0.25) is 15.4 Å². The van der Waals surface area contributed by atoms with E-state index in [-0.39, 0.29) is 0 Å². The van der Waals surface area contributed by atoms with E-state index in [1.54, 1.807) is 24.3 Å². The molecule has 1 aliphatic heterocycles. The molecule has 2 amide bonds. The first-order valence-electron chi connectivity index (χ1n) is 3.70. The van der Waals surface area contributed by atoms with E-state index in [0.717, 1.165) is 5.01 Å². The molecule has 5 heteroatoms. The molecular weight excluding hydrogens is 170 g/mol. The third kappa shape index (κ3) is 0.947. The van der Waals surface area contributed by atoms with Crippen LogP contribution in [0.5, 0.6) is 0 Å². The van der Waals surface area contributed by atoms with Crippen LogP contribution in [0.4, 0.5) is 0 Å². The van der Waals surface area contributed by atoms with Gasteiger partial charge in [0, 0.05) is 0 Å². The molecule has 0 saturated carbocycles. The first kappa shape index (κ1) is 7.90. The molecule has 0 fully saturated rings. The Kier molecular flexibility index (Phi) is 1.61. The van der Waals surface area contributed by atoms with Crippen LogP contribution in [0.1, 0.15) is 20.7 Å². The molecule has 1 aromatic rings. The number of hydrazine groups is 2. The van der Waals surface area contributed by atoms with Gasteiger partial charge in [-0.2, -0.15) is 10.5 Å². The smallest absolute Gasteiger partial charge is 0.267 e. The summed E-state index contributed by atoms with van der Waals surface area (Å²) < 4.78 is 0. The van der Waals surface area contributed by atoms with Crippen molar-refractivity contribution in [1.82, 2.24) is 10.5 Å². The van der Waals surface area contributed by atoms with Gasteiger partial charge in [-0.25, -0.2) is 0 Å². The number of benzene rings is 1. The zero-order valence-corrected chi connectivity index (χ0v) is 6.65. The number of amides is 2. The number of fused-ring (bicyclic) bond motifs is 1. The van der Waals surface area contributed by atoms with Crippen LogP contribution in [-0.4, -0.2) is 16.8 Å². The van der Waals surface area contributed by atoms with E-state index in [1.165, 1.54) is 0 Å². The molecule has 0 bridgehead atoms. The topological polar surface area (TPSA) is 75.4 Å². The van der Waals surface area contributed by atoms with Crippen molar-refractivity contribution in [2.75, 3.05) is 0 Å². The molecule has 0 spiro atoms. The van der Waals surface area contributed by atoms with Gasteiger partial charge in [-0.05, 0) is 12.1 Å². The number of nitrogens with zero attached hydrogens (tertiary/aromatic N) is 1. The van der Waals surface area contributed by atoms with Crippen LogP contribution in [-0.2, 0) is 0 Å². The van der Waals surface area contributed by atoms with E-state index in [1.807, 2.05) is 5.53 Å². The lowest BCUT2D eigenvalue weighted by Crippen LogP contribution is -2.46. The monoisotopic (exact) mass is 177 g/mol. The highest BCUT2D eigenvalue weighted by molar-refractivity contribution is 6.20. The molecular formula is C8H7N3O2. The molecule has 5 nitrogen and oxygen atoms in total. The lowest BCUT2D eigenvalue weighted by atomic mass is 10.1. The van der Waals surface area contributed by atoms with Crippen molar-refractivity contribution in [1.29, 1.82) is 0 Å². The van der Waals surface area contributed by atoms with Gasteiger partial charge >= 0.3 is 0 Å². The highest BCUT2D eigenvalue weighted by atomic mass is 16.2. The van der Waals surface area contributed by atoms with Crippen molar-refractivity contribution >= 4 is 11.8 Å². The lowest BCUT2D eigenvalue weighted by Gasteiger charge is -2.09. The van der Waals surface area contributed by atoms with E-state index in [0.29, 0.717) is 11.1 Å². The van der Waals surface area contributed by atoms with E-state index < -0.39 is 11.8 Å². The summed E-state index contributed by atoms with van der Waals surface area (Å²) in [5, 5.41) is 0.782. The molecule has 1 aromatic carbocycles. The molecule has 0 aromatic heterocycles. The second-order valence-corrected chi connectivity index (χ2v) is 2.62. The van der Waals surface area contributed by atoms with E-state index in [9.17, 15) is 9.59 Å². The number of nitrogens with one attached hydrogen (secondary N) is 1. The van der Waals surface area contributed by atoms with Gasteiger partial charge in [0.05, 0.1) is 11.1 Å². The second-order valence-electron chi connectivity index (χ2n) is 2.62. The van der Waals surface area contributed by atoms with Crippen molar-refractivity contribution in [3.8, 4) is 0 Å². The number of imide groups is 1.